The Morgan fingerprint density at radius 2 is 2.31 bits per heavy atom. The van der Waals surface area contributed by atoms with E-state index in [1.165, 1.54) is 0 Å². The molecule has 4 nitrogen and oxygen atoms in total. The molecule has 0 bridgehead atoms. The van der Waals surface area contributed by atoms with Crippen LogP contribution in [-0.4, -0.2) is 25.7 Å². The van der Waals surface area contributed by atoms with Gasteiger partial charge in [-0.25, -0.2) is 15.0 Å². The maximum atomic E-state index is 4.21. The minimum atomic E-state index is 0.752. The summed E-state index contributed by atoms with van der Waals surface area (Å²) in [5, 5.41) is 0. The predicted molar refractivity (Wildman–Crippen MR) is 53.5 cm³/mol. The summed E-state index contributed by atoms with van der Waals surface area (Å²) in [4.78, 5) is 15.4. The zero-order valence-corrected chi connectivity index (χ0v) is 8.14. The van der Waals surface area contributed by atoms with E-state index >= 15 is 0 Å². The SMILES string of the molecule is CCSCc1ncnc2nc[nH]c12. The number of thioether (sulfide) groups is 1. The molecule has 0 aliphatic heterocycles. The molecule has 2 aromatic heterocycles. The molecular weight excluding hydrogens is 184 g/mol. The van der Waals surface area contributed by atoms with Crippen LogP contribution in [0, 0.1) is 0 Å². The number of aromatic amines is 1. The second-order valence-corrected chi connectivity index (χ2v) is 3.83. The maximum Gasteiger partial charge on any atom is 0.180 e. The Bertz CT molecular complexity index is 398. The van der Waals surface area contributed by atoms with Crippen LogP contribution in [0.1, 0.15) is 12.6 Å². The Morgan fingerprint density at radius 1 is 1.38 bits per heavy atom. The van der Waals surface area contributed by atoms with E-state index < -0.39 is 0 Å². The van der Waals surface area contributed by atoms with Crippen molar-refractivity contribution in [2.45, 2.75) is 12.7 Å². The number of hydrogen-bond acceptors (Lipinski definition) is 4. The van der Waals surface area contributed by atoms with Crippen LogP contribution in [0.15, 0.2) is 12.7 Å². The lowest BCUT2D eigenvalue weighted by molar-refractivity contribution is 1.12. The standard InChI is InChI=1S/C8H10N4S/c1-2-13-3-6-7-8(11-4-9-6)12-5-10-7/h4-5H,2-3H2,1H3,(H,9,10,11,12). The molecule has 68 valence electrons. The fraction of sp³-hybridized carbons (Fsp3) is 0.375. The number of rotatable bonds is 3. The second-order valence-electron chi connectivity index (χ2n) is 2.56. The molecule has 0 spiro atoms. The molecular formula is C8H10N4S. The molecule has 0 aromatic carbocycles. The van der Waals surface area contributed by atoms with Gasteiger partial charge in [-0.15, -0.1) is 0 Å². The summed E-state index contributed by atoms with van der Waals surface area (Å²) >= 11 is 1.84. The average molecular weight is 194 g/mol. The first-order chi connectivity index (χ1) is 6.42. The van der Waals surface area contributed by atoms with E-state index in [1.54, 1.807) is 12.7 Å². The highest BCUT2D eigenvalue weighted by atomic mass is 32.2. The van der Waals surface area contributed by atoms with Gasteiger partial charge in [0.25, 0.3) is 0 Å². The normalized spacial score (nSPS) is 10.8. The molecule has 0 amide bonds. The van der Waals surface area contributed by atoms with Crippen molar-refractivity contribution in [1.29, 1.82) is 0 Å². The minimum absolute atomic E-state index is 0.752. The molecule has 0 fully saturated rings. The monoisotopic (exact) mass is 194 g/mol. The Kier molecular flexibility index (Phi) is 2.44. The van der Waals surface area contributed by atoms with Crippen LogP contribution >= 0.6 is 11.8 Å². The molecule has 0 saturated heterocycles. The highest BCUT2D eigenvalue weighted by molar-refractivity contribution is 7.98. The maximum absolute atomic E-state index is 4.21. The second kappa shape index (κ2) is 3.74. The molecule has 0 aliphatic rings. The third kappa shape index (κ3) is 1.65. The van der Waals surface area contributed by atoms with Crippen molar-refractivity contribution in [1.82, 2.24) is 19.9 Å². The van der Waals surface area contributed by atoms with Gasteiger partial charge in [-0.05, 0) is 5.75 Å². The van der Waals surface area contributed by atoms with Crippen LogP contribution in [0.4, 0.5) is 0 Å². The zero-order chi connectivity index (χ0) is 9.10. The van der Waals surface area contributed by atoms with Crippen molar-refractivity contribution < 1.29 is 0 Å². The lowest BCUT2D eigenvalue weighted by Crippen LogP contribution is -1.91. The first-order valence-corrected chi connectivity index (χ1v) is 5.28. The summed E-state index contributed by atoms with van der Waals surface area (Å²) in [7, 11) is 0. The van der Waals surface area contributed by atoms with Crippen LogP contribution < -0.4 is 0 Å². The Hall–Kier alpha value is -1.10. The van der Waals surface area contributed by atoms with Crippen molar-refractivity contribution in [3.05, 3.63) is 18.3 Å². The smallest absolute Gasteiger partial charge is 0.180 e. The van der Waals surface area contributed by atoms with E-state index in [-0.39, 0.29) is 0 Å². The number of H-pyrrole nitrogens is 1. The molecule has 1 N–H and O–H groups in total. The van der Waals surface area contributed by atoms with E-state index in [9.17, 15) is 0 Å². The number of fused-ring (bicyclic) bond motifs is 1. The Morgan fingerprint density at radius 3 is 3.15 bits per heavy atom. The van der Waals surface area contributed by atoms with Gasteiger partial charge in [0, 0.05) is 5.75 Å². The Balaban J connectivity index is 2.37. The number of imidazole rings is 1. The molecule has 0 aliphatic carbocycles. The molecule has 2 heterocycles. The first-order valence-electron chi connectivity index (χ1n) is 4.12. The largest absolute Gasteiger partial charge is 0.342 e. The molecule has 13 heavy (non-hydrogen) atoms. The van der Waals surface area contributed by atoms with E-state index in [4.69, 9.17) is 0 Å². The fourth-order valence-electron chi connectivity index (χ4n) is 1.12. The summed E-state index contributed by atoms with van der Waals surface area (Å²) in [6.07, 6.45) is 3.22. The van der Waals surface area contributed by atoms with Gasteiger partial charge in [-0.3, -0.25) is 0 Å². The fourth-order valence-corrected chi connectivity index (χ4v) is 1.74. The van der Waals surface area contributed by atoms with Gasteiger partial charge >= 0.3 is 0 Å². The first kappa shape index (κ1) is 8.50. The quantitative estimate of drug-likeness (QED) is 0.806. The number of nitrogens with one attached hydrogen (secondary N) is 1. The molecule has 2 rings (SSSR count). The lowest BCUT2D eigenvalue weighted by Gasteiger charge is -1.98. The van der Waals surface area contributed by atoms with Gasteiger partial charge in [0.2, 0.25) is 0 Å². The van der Waals surface area contributed by atoms with Crippen LogP contribution in [-0.2, 0) is 5.75 Å². The van der Waals surface area contributed by atoms with Crippen molar-refractivity contribution >= 4 is 22.9 Å². The van der Waals surface area contributed by atoms with Crippen molar-refractivity contribution in [2.75, 3.05) is 5.75 Å². The van der Waals surface area contributed by atoms with Crippen LogP contribution in [0.3, 0.4) is 0 Å². The van der Waals surface area contributed by atoms with Gasteiger partial charge in [0.15, 0.2) is 5.65 Å². The summed E-state index contributed by atoms with van der Waals surface area (Å²) in [6, 6.07) is 0. The van der Waals surface area contributed by atoms with Gasteiger partial charge in [-0.2, -0.15) is 11.8 Å². The van der Waals surface area contributed by atoms with E-state index in [2.05, 4.69) is 26.9 Å². The van der Waals surface area contributed by atoms with Crippen molar-refractivity contribution in [3.63, 3.8) is 0 Å². The molecule has 0 atom stereocenters. The molecule has 0 unspecified atom stereocenters. The van der Waals surface area contributed by atoms with E-state index in [0.717, 1.165) is 28.4 Å². The predicted octanol–water partition coefficient (Wildman–Crippen LogP) is 1.61. The number of aromatic nitrogens is 4. The third-order valence-electron chi connectivity index (χ3n) is 1.74. The van der Waals surface area contributed by atoms with E-state index in [1.807, 2.05) is 11.8 Å². The average Bonchev–Trinajstić information content (AvgIpc) is 2.62. The lowest BCUT2D eigenvalue weighted by atomic mass is 10.4. The van der Waals surface area contributed by atoms with Gasteiger partial charge in [-0.1, -0.05) is 6.92 Å². The van der Waals surface area contributed by atoms with E-state index in [0.29, 0.717) is 0 Å². The summed E-state index contributed by atoms with van der Waals surface area (Å²) in [6.45, 7) is 2.13. The third-order valence-corrected chi connectivity index (χ3v) is 2.63. The zero-order valence-electron chi connectivity index (χ0n) is 7.32. The Labute approximate surface area is 80.2 Å². The molecule has 5 heteroatoms. The molecule has 2 aromatic rings. The molecule has 0 radical (unpaired) electrons. The van der Waals surface area contributed by atoms with Gasteiger partial charge in [0.05, 0.1) is 12.0 Å². The summed E-state index contributed by atoms with van der Waals surface area (Å²) in [5.74, 6) is 2.01. The van der Waals surface area contributed by atoms with Crippen LogP contribution in [0.5, 0.6) is 0 Å². The van der Waals surface area contributed by atoms with Gasteiger partial charge < -0.3 is 4.98 Å². The van der Waals surface area contributed by atoms with Gasteiger partial charge in [0.1, 0.15) is 11.8 Å². The van der Waals surface area contributed by atoms with Crippen molar-refractivity contribution in [3.8, 4) is 0 Å². The molecule has 0 saturated carbocycles. The van der Waals surface area contributed by atoms with Crippen molar-refractivity contribution in [2.24, 2.45) is 0 Å². The highest BCUT2D eigenvalue weighted by Gasteiger charge is 2.04. The minimum Gasteiger partial charge on any atom is -0.342 e. The van der Waals surface area contributed by atoms with Crippen LogP contribution in [0.2, 0.25) is 0 Å². The van der Waals surface area contributed by atoms with Crippen LogP contribution in [0.25, 0.3) is 11.2 Å². The topological polar surface area (TPSA) is 54.5 Å². The number of hydrogen-bond donors (Lipinski definition) is 1. The highest BCUT2D eigenvalue weighted by Crippen LogP contribution is 2.15. The summed E-state index contributed by atoms with van der Waals surface area (Å²) in [5.41, 5.74) is 2.75. The summed E-state index contributed by atoms with van der Waals surface area (Å²) < 4.78 is 0. The number of nitrogens with zero attached hydrogens (tertiary/aromatic N) is 3.